The standard InChI is InChI=1S/C34H58N6O8/c1-17(2)13-23-29(41)39-27(19(5)6)33(45)35-16-22-10-12-26(48-22)32(44)38-24(14-18(3)4)30(42)40-28(20(7)8)34(46)36-15-21-9-11-25(47-21)31(43)37-23/h17-28H,9-16H2,1-8H3,(H,35,45)(H,36,46)(H,37,43)(H,38,44)(H,39,41)(H,40,42)/t21-,22-,23-,24-,25+,26+,27-,28-/m0/s1. The first kappa shape index (κ1) is 39.2. The zero-order valence-corrected chi connectivity index (χ0v) is 29.9. The van der Waals surface area contributed by atoms with Gasteiger partial charge in [-0.15, -0.1) is 0 Å². The Bertz CT molecular complexity index is 1070. The van der Waals surface area contributed by atoms with Crippen molar-refractivity contribution in [3.05, 3.63) is 0 Å². The molecule has 3 aliphatic rings. The highest BCUT2D eigenvalue weighted by Gasteiger charge is 2.38. The summed E-state index contributed by atoms with van der Waals surface area (Å²) in [6.45, 7) is 15.3. The van der Waals surface area contributed by atoms with Crippen LogP contribution >= 0.6 is 0 Å². The van der Waals surface area contributed by atoms with Gasteiger partial charge in [0.15, 0.2) is 0 Å². The van der Waals surface area contributed by atoms with Crippen molar-refractivity contribution in [3.63, 3.8) is 0 Å². The Morgan fingerprint density at radius 3 is 1.17 bits per heavy atom. The summed E-state index contributed by atoms with van der Waals surface area (Å²) >= 11 is 0. The number of hydrogen-bond acceptors (Lipinski definition) is 8. The zero-order chi connectivity index (χ0) is 35.7. The van der Waals surface area contributed by atoms with E-state index in [1.165, 1.54) is 0 Å². The molecule has 6 amide bonds. The fourth-order valence-corrected chi connectivity index (χ4v) is 6.26. The van der Waals surface area contributed by atoms with Crippen LogP contribution in [-0.2, 0) is 38.2 Å². The highest BCUT2D eigenvalue weighted by molar-refractivity contribution is 5.94. The number of rotatable bonds is 6. The lowest BCUT2D eigenvalue weighted by molar-refractivity contribution is -0.138. The van der Waals surface area contributed by atoms with Crippen LogP contribution in [-0.4, -0.2) is 97.1 Å². The summed E-state index contributed by atoms with van der Waals surface area (Å²) in [4.78, 5) is 80.1. The van der Waals surface area contributed by atoms with Gasteiger partial charge in [-0.2, -0.15) is 0 Å². The van der Waals surface area contributed by atoms with Gasteiger partial charge in [0.2, 0.25) is 35.4 Å². The molecule has 3 rings (SSSR count). The van der Waals surface area contributed by atoms with E-state index in [9.17, 15) is 28.8 Å². The van der Waals surface area contributed by atoms with Gasteiger partial charge < -0.3 is 41.4 Å². The van der Waals surface area contributed by atoms with Crippen LogP contribution in [0, 0.1) is 23.7 Å². The van der Waals surface area contributed by atoms with Crippen LogP contribution in [0.4, 0.5) is 0 Å². The second-order valence-electron chi connectivity index (χ2n) is 15.0. The molecule has 0 aromatic rings. The largest absolute Gasteiger partial charge is 0.363 e. The van der Waals surface area contributed by atoms with Gasteiger partial charge in [0.25, 0.3) is 0 Å². The van der Waals surface area contributed by atoms with Crippen molar-refractivity contribution >= 4 is 35.4 Å². The van der Waals surface area contributed by atoms with Crippen LogP contribution in [0.25, 0.3) is 0 Å². The van der Waals surface area contributed by atoms with Crippen LogP contribution in [0.3, 0.4) is 0 Å². The first-order chi connectivity index (χ1) is 22.5. The second-order valence-corrected chi connectivity index (χ2v) is 15.0. The molecule has 0 aromatic carbocycles. The molecule has 0 aliphatic carbocycles. The second kappa shape index (κ2) is 17.9. The minimum atomic E-state index is -0.883. The Balaban J connectivity index is 1.84. The molecule has 272 valence electrons. The molecular weight excluding hydrogens is 620 g/mol. The van der Waals surface area contributed by atoms with E-state index < -0.39 is 84.0 Å². The number of nitrogens with one attached hydrogen (secondary N) is 6. The van der Waals surface area contributed by atoms with Crippen LogP contribution in [0.5, 0.6) is 0 Å². The molecule has 48 heavy (non-hydrogen) atoms. The molecule has 3 fully saturated rings. The Morgan fingerprint density at radius 1 is 0.500 bits per heavy atom. The lowest BCUT2D eigenvalue weighted by Crippen LogP contribution is -2.57. The summed E-state index contributed by atoms with van der Waals surface area (Å²) in [5.74, 6) is -2.92. The normalized spacial score (nSPS) is 32.0. The van der Waals surface area contributed by atoms with E-state index >= 15 is 0 Å². The Hall–Kier alpha value is -3.26. The van der Waals surface area contributed by atoms with Gasteiger partial charge in [-0.3, -0.25) is 28.8 Å². The predicted octanol–water partition coefficient (Wildman–Crippen LogP) is 0.671. The van der Waals surface area contributed by atoms with Crippen molar-refractivity contribution in [2.45, 2.75) is 142 Å². The summed E-state index contributed by atoms with van der Waals surface area (Å²) in [5, 5.41) is 17.0. The summed E-state index contributed by atoms with van der Waals surface area (Å²) in [7, 11) is 0. The Kier molecular flexibility index (Phi) is 14.6. The molecule has 0 saturated carbocycles. The van der Waals surface area contributed by atoms with Crippen LogP contribution in [0.1, 0.15) is 93.9 Å². The molecule has 0 radical (unpaired) electrons. The average molecular weight is 679 g/mol. The molecule has 3 saturated heterocycles. The maximum absolute atomic E-state index is 13.5. The van der Waals surface area contributed by atoms with E-state index in [2.05, 4.69) is 31.9 Å². The van der Waals surface area contributed by atoms with Gasteiger partial charge in [0.05, 0.1) is 12.2 Å². The number of amides is 6. The Morgan fingerprint density at radius 2 is 0.854 bits per heavy atom. The van der Waals surface area contributed by atoms with Crippen molar-refractivity contribution in [1.29, 1.82) is 0 Å². The molecule has 14 nitrogen and oxygen atoms in total. The van der Waals surface area contributed by atoms with Gasteiger partial charge in [0, 0.05) is 13.1 Å². The summed E-state index contributed by atoms with van der Waals surface area (Å²) in [6, 6.07) is -3.50. The number of fused-ring (bicyclic) bond motifs is 4. The van der Waals surface area contributed by atoms with E-state index in [1.54, 1.807) is 0 Å². The van der Waals surface area contributed by atoms with E-state index in [-0.39, 0.29) is 36.8 Å². The van der Waals surface area contributed by atoms with E-state index in [1.807, 2.05) is 55.4 Å². The first-order valence-corrected chi connectivity index (χ1v) is 17.6. The predicted molar refractivity (Wildman–Crippen MR) is 178 cm³/mol. The van der Waals surface area contributed by atoms with Crippen molar-refractivity contribution in [2.24, 2.45) is 23.7 Å². The number of carbonyl (C=O) groups excluding carboxylic acids is 6. The molecule has 6 N–H and O–H groups in total. The van der Waals surface area contributed by atoms with Crippen molar-refractivity contribution in [3.8, 4) is 0 Å². The van der Waals surface area contributed by atoms with Crippen molar-refractivity contribution < 1.29 is 38.2 Å². The third kappa shape index (κ3) is 11.4. The topological polar surface area (TPSA) is 193 Å². The average Bonchev–Trinajstić information content (AvgIpc) is 3.68. The molecule has 14 heteroatoms. The Labute approximate surface area is 284 Å². The number of hydrogen-bond donors (Lipinski definition) is 6. The third-order valence-corrected chi connectivity index (χ3v) is 8.98. The first-order valence-electron chi connectivity index (χ1n) is 17.6. The summed E-state index contributed by atoms with van der Waals surface area (Å²) in [6.07, 6.45) is 0.0735. The lowest BCUT2D eigenvalue weighted by Gasteiger charge is -2.28. The molecule has 4 bridgehead atoms. The zero-order valence-electron chi connectivity index (χ0n) is 29.9. The van der Waals surface area contributed by atoms with Crippen LogP contribution < -0.4 is 31.9 Å². The maximum Gasteiger partial charge on any atom is 0.249 e. The van der Waals surface area contributed by atoms with E-state index in [4.69, 9.17) is 9.47 Å². The van der Waals surface area contributed by atoms with Crippen molar-refractivity contribution in [2.75, 3.05) is 13.1 Å². The number of carbonyl (C=O) groups is 6. The molecule has 0 spiro atoms. The highest BCUT2D eigenvalue weighted by Crippen LogP contribution is 2.22. The van der Waals surface area contributed by atoms with E-state index in [0.717, 1.165) is 0 Å². The smallest absolute Gasteiger partial charge is 0.249 e. The lowest BCUT2D eigenvalue weighted by atomic mass is 9.99. The monoisotopic (exact) mass is 678 g/mol. The van der Waals surface area contributed by atoms with Crippen LogP contribution in [0.15, 0.2) is 0 Å². The highest BCUT2D eigenvalue weighted by atomic mass is 16.5. The van der Waals surface area contributed by atoms with Gasteiger partial charge in [0.1, 0.15) is 36.4 Å². The minimum absolute atomic E-state index is 0.0754. The molecule has 3 heterocycles. The fraction of sp³-hybridized carbons (Fsp3) is 0.824. The van der Waals surface area contributed by atoms with Gasteiger partial charge in [-0.05, 0) is 62.2 Å². The molecule has 3 aliphatic heterocycles. The fourth-order valence-electron chi connectivity index (χ4n) is 6.26. The molecule has 8 atom stereocenters. The summed E-state index contributed by atoms with van der Waals surface area (Å²) < 4.78 is 11.9. The van der Waals surface area contributed by atoms with Crippen LogP contribution in [0.2, 0.25) is 0 Å². The van der Waals surface area contributed by atoms with Crippen molar-refractivity contribution in [1.82, 2.24) is 31.9 Å². The van der Waals surface area contributed by atoms with Gasteiger partial charge in [-0.1, -0.05) is 55.4 Å². The third-order valence-electron chi connectivity index (χ3n) is 8.98. The SMILES string of the molecule is CC(C)C[C@@H]1NC(=O)[C@H]2CC[C@@H](CNC(=O)[C@H](C(C)C)NC(=O)[C@H](CC(C)C)NC(=O)[C@H]3CC[C@@H](CNC(=O)[C@H](C(C)C)NC1=O)O3)O2. The minimum Gasteiger partial charge on any atom is -0.363 e. The quantitative estimate of drug-likeness (QED) is 0.236. The molecule has 0 aromatic heterocycles. The summed E-state index contributed by atoms with van der Waals surface area (Å²) in [5.41, 5.74) is 0. The number of ether oxygens (including phenoxy) is 2. The van der Waals surface area contributed by atoms with E-state index in [0.29, 0.717) is 38.5 Å². The maximum atomic E-state index is 13.5. The molecule has 0 unspecified atom stereocenters. The van der Waals surface area contributed by atoms with Gasteiger partial charge in [-0.25, -0.2) is 0 Å². The molecular formula is C34H58N6O8. The van der Waals surface area contributed by atoms with Gasteiger partial charge >= 0.3 is 0 Å².